The zero-order valence-electron chi connectivity index (χ0n) is 8.13. The Labute approximate surface area is 85.5 Å². The summed E-state index contributed by atoms with van der Waals surface area (Å²) in [6.45, 7) is 1.75. The fraction of sp³-hybridized carbons (Fsp3) is 0.364. The monoisotopic (exact) mass is 212 g/mol. The van der Waals surface area contributed by atoms with Crippen molar-refractivity contribution >= 4 is 5.97 Å². The molecule has 15 heavy (non-hydrogen) atoms. The van der Waals surface area contributed by atoms with Gasteiger partial charge in [-0.15, -0.1) is 0 Å². The number of hydrogen-bond acceptors (Lipinski definition) is 1. The molecule has 1 aliphatic carbocycles. The average molecular weight is 212 g/mol. The Hall–Kier alpha value is -1.45. The van der Waals surface area contributed by atoms with Crippen LogP contribution in [-0.4, -0.2) is 11.1 Å². The maximum atomic E-state index is 12.9. The van der Waals surface area contributed by atoms with E-state index in [1.807, 2.05) is 0 Å². The summed E-state index contributed by atoms with van der Waals surface area (Å²) in [6.07, 6.45) is 0.480. The predicted molar refractivity (Wildman–Crippen MR) is 49.5 cm³/mol. The molecule has 1 aliphatic rings. The van der Waals surface area contributed by atoms with Gasteiger partial charge in [0.2, 0.25) is 0 Å². The molecule has 4 heteroatoms. The second kappa shape index (κ2) is 3.02. The van der Waals surface area contributed by atoms with Crippen LogP contribution in [0, 0.1) is 17.6 Å². The topological polar surface area (TPSA) is 37.3 Å². The van der Waals surface area contributed by atoms with Gasteiger partial charge in [-0.3, -0.25) is 4.79 Å². The number of benzene rings is 1. The third kappa shape index (κ3) is 1.50. The summed E-state index contributed by atoms with van der Waals surface area (Å²) in [4.78, 5) is 10.7. The second-order valence-electron chi connectivity index (χ2n) is 4.14. The lowest BCUT2D eigenvalue weighted by Crippen LogP contribution is -2.11. The lowest BCUT2D eigenvalue weighted by molar-refractivity contribution is -0.138. The zero-order valence-corrected chi connectivity index (χ0v) is 8.13. The van der Waals surface area contributed by atoms with Crippen LogP contribution in [0.4, 0.5) is 8.78 Å². The lowest BCUT2D eigenvalue weighted by atomic mass is 9.95. The minimum Gasteiger partial charge on any atom is -0.481 e. The molecule has 0 aromatic heterocycles. The van der Waals surface area contributed by atoms with E-state index in [4.69, 9.17) is 5.11 Å². The molecule has 0 bridgehead atoms. The van der Waals surface area contributed by atoms with E-state index in [2.05, 4.69) is 0 Å². The van der Waals surface area contributed by atoms with Gasteiger partial charge in [0.05, 0.1) is 5.92 Å². The first-order valence-electron chi connectivity index (χ1n) is 4.63. The zero-order chi connectivity index (χ0) is 11.2. The maximum absolute atomic E-state index is 12.9. The van der Waals surface area contributed by atoms with Gasteiger partial charge in [-0.05, 0) is 24.1 Å². The molecule has 2 nitrogen and oxygen atoms in total. The van der Waals surface area contributed by atoms with Crippen LogP contribution in [0.2, 0.25) is 0 Å². The molecular formula is C11H10F2O2. The van der Waals surface area contributed by atoms with Crippen molar-refractivity contribution in [1.82, 2.24) is 0 Å². The molecule has 0 heterocycles. The highest BCUT2D eigenvalue weighted by Crippen LogP contribution is 2.54. The van der Waals surface area contributed by atoms with Crippen LogP contribution in [0.15, 0.2) is 18.2 Å². The highest BCUT2D eigenvalue weighted by Gasteiger charge is 2.56. The number of rotatable bonds is 2. The van der Waals surface area contributed by atoms with E-state index in [0.29, 0.717) is 12.0 Å². The third-order valence-electron chi connectivity index (χ3n) is 3.11. The van der Waals surface area contributed by atoms with Gasteiger partial charge in [0.1, 0.15) is 0 Å². The van der Waals surface area contributed by atoms with Crippen molar-refractivity contribution in [2.75, 3.05) is 0 Å². The van der Waals surface area contributed by atoms with Gasteiger partial charge in [-0.1, -0.05) is 13.0 Å². The van der Waals surface area contributed by atoms with Crippen LogP contribution in [-0.2, 0) is 10.2 Å². The van der Waals surface area contributed by atoms with E-state index >= 15 is 0 Å². The molecule has 0 amide bonds. The molecule has 1 aromatic carbocycles. The standard InChI is InChI=1S/C11H10F2O2/c1-11(5-7(11)10(14)15)6-2-3-8(12)9(13)4-6/h2-4,7H,5H2,1H3,(H,14,15)/t7-,11-/m1/s1. The van der Waals surface area contributed by atoms with Crippen molar-refractivity contribution in [3.05, 3.63) is 35.4 Å². The summed E-state index contributed by atoms with van der Waals surface area (Å²) in [6, 6.07) is 3.56. The number of aliphatic carboxylic acids is 1. The lowest BCUT2D eigenvalue weighted by Gasteiger charge is -2.10. The Balaban J connectivity index is 2.32. The minimum absolute atomic E-state index is 0.480. The summed E-state index contributed by atoms with van der Waals surface area (Å²) in [5, 5.41) is 8.81. The van der Waals surface area contributed by atoms with E-state index in [-0.39, 0.29) is 0 Å². The summed E-state index contributed by atoms with van der Waals surface area (Å²) in [7, 11) is 0. The number of hydrogen-bond donors (Lipinski definition) is 1. The Kier molecular flexibility index (Phi) is 2.03. The van der Waals surface area contributed by atoms with Crippen LogP contribution in [0.5, 0.6) is 0 Å². The first-order valence-corrected chi connectivity index (χ1v) is 4.63. The van der Waals surface area contributed by atoms with Crippen molar-refractivity contribution < 1.29 is 18.7 Å². The number of carbonyl (C=O) groups is 1. The van der Waals surface area contributed by atoms with Gasteiger partial charge in [-0.25, -0.2) is 8.78 Å². The number of halogens is 2. The fourth-order valence-corrected chi connectivity index (χ4v) is 1.90. The highest BCUT2D eigenvalue weighted by atomic mass is 19.2. The molecule has 0 saturated heterocycles. The molecule has 2 rings (SSSR count). The molecule has 0 aliphatic heterocycles. The molecule has 0 radical (unpaired) electrons. The van der Waals surface area contributed by atoms with Gasteiger partial charge in [-0.2, -0.15) is 0 Å². The molecule has 1 N–H and O–H groups in total. The van der Waals surface area contributed by atoms with Crippen LogP contribution < -0.4 is 0 Å². The van der Waals surface area contributed by atoms with E-state index in [9.17, 15) is 13.6 Å². The van der Waals surface area contributed by atoms with Crippen molar-refractivity contribution in [2.24, 2.45) is 5.92 Å². The normalized spacial score (nSPS) is 28.9. The Bertz CT molecular complexity index is 431. The van der Waals surface area contributed by atoms with Crippen molar-refractivity contribution in [1.29, 1.82) is 0 Å². The van der Waals surface area contributed by atoms with E-state index in [0.717, 1.165) is 12.1 Å². The molecule has 1 fully saturated rings. The highest BCUT2D eigenvalue weighted by molar-refractivity contribution is 5.77. The Morgan fingerprint density at radius 2 is 2.13 bits per heavy atom. The largest absolute Gasteiger partial charge is 0.481 e. The third-order valence-corrected chi connectivity index (χ3v) is 3.11. The summed E-state index contributed by atoms with van der Waals surface area (Å²) in [5.74, 6) is -3.20. The Morgan fingerprint density at radius 3 is 2.60 bits per heavy atom. The fourth-order valence-electron chi connectivity index (χ4n) is 1.90. The second-order valence-corrected chi connectivity index (χ2v) is 4.14. The van der Waals surface area contributed by atoms with Crippen molar-refractivity contribution in [2.45, 2.75) is 18.8 Å². The van der Waals surface area contributed by atoms with Crippen LogP contribution in [0.25, 0.3) is 0 Å². The van der Waals surface area contributed by atoms with Gasteiger partial charge in [0.25, 0.3) is 0 Å². The van der Waals surface area contributed by atoms with Gasteiger partial charge >= 0.3 is 5.97 Å². The van der Waals surface area contributed by atoms with Gasteiger partial charge < -0.3 is 5.11 Å². The molecule has 0 spiro atoms. The van der Waals surface area contributed by atoms with E-state index in [1.54, 1.807) is 6.92 Å². The van der Waals surface area contributed by atoms with Crippen LogP contribution in [0.3, 0.4) is 0 Å². The molecule has 2 atom stereocenters. The van der Waals surface area contributed by atoms with E-state index < -0.39 is 28.9 Å². The summed E-state index contributed by atoms with van der Waals surface area (Å²) in [5.41, 5.74) is 0.00852. The summed E-state index contributed by atoms with van der Waals surface area (Å²) >= 11 is 0. The smallest absolute Gasteiger partial charge is 0.307 e. The summed E-state index contributed by atoms with van der Waals surface area (Å²) < 4.78 is 25.6. The van der Waals surface area contributed by atoms with Gasteiger partial charge in [0.15, 0.2) is 11.6 Å². The van der Waals surface area contributed by atoms with Crippen molar-refractivity contribution in [3.8, 4) is 0 Å². The molecular weight excluding hydrogens is 202 g/mol. The Morgan fingerprint density at radius 1 is 1.47 bits per heavy atom. The number of carboxylic acid groups (broad SMARTS) is 1. The van der Waals surface area contributed by atoms with E-state index in [1.165, 1.54) is 6.07 Å². The predicted octanol–water partition coefficient (Wildman–Crippen LogP) is 2.33. The molecule has 1 aromatic rings. The molecule has 0 unspecified atom stereocenters. The SMILES string of the molecule is C[C@]1(c2ccc(F)c(F)c2)C[C@@H]1C(=O)O. The first kappa shape index (κ1) is 10.1. The quantitative estimate of drug-likeness (QED) is 0.816. The van der Waals surface area contributed by atoms with Crippen LogP contribution in [0.1, 0.15) is 18.9 Å². The number of carboxylic acids is 1. The molecule has 80 valence electrons. The first-order chi connectivity index (χ1) is 6.95. The average Bonchev–Trinajstić information content (AvgIpc) is 2.84. The van der Waals surface area contributed by atoms with Crippen molar-refractivity contribution in [3.63, 3.8) is 0 Å². The van der Waals surface area contributed by atoms with Gasteiger partial charge in [0, 0.05) is 5.41 Å². The maximum Gasteiger partial charge on any atom is 0.307 e. The molecule has 1 saturated carbocycles. The minimum atomic E-state index is -0.926. The van der Waals surface area contributed by atoms with Crippen LogP contribution >= 0.6 is 0 Å².